The highest BCUT2D eigenvalue weighted by atomic mass is 16.1. The Hall–Kier alpha value is -2.78. The first-order valence-corrected chi connectivity index (χ1v) is 6.52. The average molecular weight is 291 g/mol. The van der Waals surface area contributed by atoms with Gasteiger partial charge in [0.25, 0.3) is 5.95 Å². The molecule has 0 aliphatic rings. The molecule has 112 valence electrons. The molecule has 2 aromatic rings. The molecule has 2 aromatic heterocycles. The summed E-state index contributed by atoms with van der Waals surface area (Å²) in [7, 11) is 0. The molecule has 3 N–H and O–H groups in total. The Bertz CT molecular complexity index is 598. The molecule has 2 heterocycles. The normalized spacial score (nSPS) is 10.4. The van der Waals surface area contributed by atoms with Gasteiger partial charge in [-0.15, -0.1) is 0 Å². The van der Waals surface area contributed by atoms with E-state index in [-0.39, 0.29) is 6.54 Å². The average Bonchev–Trinajstić information content (AvgIpc) is 2.98. The second-order valence-corrected chi connectivity index (χ2v) is 4.11. The molecule has 0 atom stereocenters. The van der Waals surface area contributed by atoms with Crippen molar-refractivity contribution < 1.29 is 4.79 Å². The van der Waals surface area contributed by atoms with Gasteiger partial charge < -0.3 is 16.0 Å². The maximum Gasteiger partial charge on any atom is 0.258 e. The van der Waals surface area contributed by atoms with Crippen molar-refractivity contribution in [2.75, 3.05) is 29.9 Å². The molecule has 0 spiro atoms. The SMILES string of the molecule is CCNc1nc(N(CC)CC(N)=O)nc(-n2cncn2)n1. The Balaban J connectivity index is 2.41. The van der Waals surface area contributed by atoms with Gasteiger partial charge in [-0.25, -0.2) is 4.98 Å². The molecule has 10 heteroatoms. The fourth-order valence-corrected chi connectivity index (χ4v) is 1.66. The number of aromatic nitrogens is 6. The lowest BCUT2D eigenvalue weighted by atomic mass is 10.5. The van der Waals surface area contributed by atoms with Crippen LogP contribution in [0.2, 0.25) is 0 Å². The number of amides is 1. The van der Waals surface area contributed by atoms with Gasteiger partial charge in [-0.3, -0.25) is 4.79 Å². The van der Waals surface area contributed by atoms with E-state index in [1.54, 1.807) is 4.90 Å². The summed E-state index contributed by atoms with van der Waals surface area (Å²) in [4.78, 5) is 29.5. The van der Waals surface area contributed by atoms with Crippen LogP contribution < -0.4 is 16.0 Å². The van der Waals surface area contributed by atoms with Crippen LogP contribution >= 0.6 is 0 Å². The topological polar surface area (TPSA) is 128 Å². The summed E-state index contributed by atoms with van der Waals surface area (Å²) >= 11 is 0. The number of nitrogens with one attached hydrogen (secondary N) is 1. The van der Waals surface area contributed by atoms with Crippen LogP contribution in [-0.2, 0) is 4.79 Å². The van der Waals surface area contributed by atoms with Gasteiger partial charge in [-0.05, 0) is 13.8 Å². The van der Waals surface area contributed by atoms with E-state index in [1.807, 2.05) is 13.8 Å². The van der Waals surface area contributed by atoms with Gasteiger partial charge in [0.2, 0.25) is 17.8 Å². The lowest BCUT2D eigenvalue weighted by molar-refractivity contribution is -0.116. The molecule has 0 radical (unpaired) electrons. The fourth-order valence-electron chi connectivity index (χ4n) is 1.66. The Morgan fingerprint density at radius 1 is 1.38 bits per heavy atom. The van der Waals surface area contributed by atoms with Gasteiger partial charge in [0, 0.05) is 13.1 Å². The molecule has 0 unspecified atom stereocenters. The smallest absolute Gasteiger partial charge is 0.258 e. The standard InChI is InChI=1S/C11H17N9O/c1-3-14-9-16-10(19(4-2)5-8(12)21)18-11(17-9)20-7-13-6-15-20/h6-7H,3-5H2,1-2H3,(H2,12,21)(H,14,16,17,18). The van der Waals surface area contributed by atoms with Crippen LogP contribution in [0.5, 0.6) is 0 Å². The van der Waals surface area contributed by atoms with Crippen molar-refractivity contribution in [3.05, 3.63) is 12.7 Å². The number of nitrogens with two attached hydrogens (primary N) is 1. The van der Waals surface area contributed by atoms with Crippen molar-refractivity contribution in [1.82, 2.24) is 29.7 Å². The molecular formula is C11H17N9O. The quantitative estimate of drug-likeness (QED) is 0.678. The van der Waals surface area contributed by atoms with Gasteiger partial charge in [0.1, 0.15) is 12.7 Å². The third-order valence-corrected chi connectivity index (χ3v) is 2.58. The zero-order valence-electron chi connectivity index (χ0n) is 11.9. The van der Waals surface area contributed by atoms with E-state index >= 15 is 0 Å². The summed E-state index contributed by atoms with van der Waals surface area (Å²) in [5.74, 6) is 0.615. The first kappa shape index (κ1) is 14.6. The Labute approximate surface area is 121 Å². The number of hydrogen-bond donors (Lipinski definition) is 2. The Morgan fingerprint density at radius 2 is 2.19 bits per heavy atom. The van der Waals surface area contributed by atoms with Crippen molar-refractivity contribution in [3.63, 3.8) is 0 Å². The van der Waals surface area contributed by atoms with Crippen molar-refractivity contribution in [2.24, 2.45) is 5.73 Å². The molecule has 2 rings (SSSR count). The molecule has 10 nitrogen and oxygen atoms in total. The number of hydrogen-bond acceptors (Lipinski definition) is 8. The van der Waals surface area contributed by atoms with Crippen molar-refractivity contribution in [3.8, 4) is 5.95 Å². The monoisotopic (exact) mass is 291 g/mol. The predicted molar refractivity (Wildman–Crippen MR) is 76.0 cm³/mol. The Morgan fingerprint density at radius 3 is 2.76 bits per heavy atom. The molecule has 0 fully saturated rings. The maximum atomic E-state index is 11.1. The van der Waals surface area contributed by atoms with Crippen LogP contribution in [0.4, 0.5) is 11.9 Å². The second kappa shape index (κ2) is 6.59. The third kappa shape index (κ3) is 3.61. The van der Waals surface area contributed by atoms with E-state index in [4.69, 9.17) is 5.73 Å². The van der Waals surface area contributed by atoms with E-state index in [1.165, 1.54) is 17.3 Å². The third-order valence-electron chi connectivity index (χ3n) is 2.58. The number of anilines is 2. The maximum absolute atomic E-state index is 11.1. The molecule has 0 aromatic carbocycles. The lowest BCUT2D eigenvalue weighted by Gasteiger charge is -2.19. The van der Waals surface area contributed by atoms with Crippen molar-refractivity contribution in [1.29, 1.82) is 0 Å². The largest absolute Gasteiger partial charge is 0.368 e. The summed E-state index contributed by atoms with van der Waals surface area (Å²) in [5.41, 5.74) is 5.24. The van der Waals surface area contributed by atoms with Crippen LogP contribution in [-0.4, -0.2) is 55.3 Å². The van der Waals surface area contributed by atoms with Gasteiger partial charge in [-0.2, -0.15) is 24.7 Å². The summed E-state index contributed by atoms with van der Waals surface area (Å²) < 4.78 is 1.42. The fraction of sp³-hybridized carbons (Fsp3) is 0.455. The summed E-state index contributed by atoms with van der Waals surface area (Å²) in [5, 5.41) is 7.01. The number of rotatable bonds is 7. The minimum Gasteiger partial charge on any atom is -0.368 e. The predicted octanol–water partition coefficient (Wildman–Crippen LogP) is -0.804. The number of carbonyl (C=O) groups excluding carboxylic acids is 1. The van der Waals surface area contributed by atoms with Gasteiger partial charge in [-0.1, -0.05) is 0 Å². The van der Waals surface area contributed by atoms with E-state index in [0.29, 0.717) is 30.9 Å². The van der Waals surface area contributed by atoms with Gasteiger partial charge in [0.05, 0.1) is 6.54 Å². The number of nitrogens with zero attached hydrogens (tertiary/aromatic N) is 7. The lowest BCUT2D eigenvalue weighted by Crippen LogP contribution is -2.35. The molecule has 0 aliphatic heterocycles. The zero-order valence-corrected chi connectivity index (χ0v) is 11.9. The van der Waals surface area contributed by atoms with E-state index in [9.17, 15) is 4.79 Å². The minimum atomic E-state index is -0.454. The van der Waals surface area contributed by atoms with Gasteiger partial charge >= 0.3 is 0 Å². The van der Waals surface area contributed by atoms with Crippen molar-refractivity contribution in [2.45, 2.75) is 13.8 Å². The summed E-state index contributed by atoms with van der Waals surface area (Å²) in [6.45, 7) is 5.04. The highest BCUT2D eigenvalue weighted by Gasteiger charge is 2.15. The number of likely N-dealkylation sites (N-methyl/N-ethyl adjacent to an activating group) is 1. The number of primary amides is 1. The first-order chi connectivity index (χ1) is 10.1. The van der Waals surface area contributed by atoms with Crippen LogP contribution in [0, 0.1) is 0 Å². The molecule has 0 bridgehead atoms. The van der Waals surface area contributed by atoms with Crippen molar-refractivity contribution >= 4 is 17.8 Å². The molecule has 0 saturated carbocycles. The molecule has 0 saturated heterocycles. The highest BCUT2D eigenvalue weighted by Crippen LogP contribution is 2.12. The number of carbonyl (C=O) groups is 1. The first-order valence-electron chi connectivity index (χ1n) is 6.52. The van der Waals surface area contributed by atoms with Crippen LogP contribution in [0.15, 0.2) is 12.7 Å². The van der Waals surface area contributed by atoms with Gasteiger partial charge in [0.15, 0.2) is 0 Å². The van der Waals surface area contributed by atoms with Crippen LogP contribution in [0.3, 0.4) is 0 Å². The van der Waals surface area contributed by atoms with E-state index in [0.717, 1.165) is 0 Å². The molecule has 1 amide bonds. The molecule has 0 aliphatic carbocycles. The van der Waals surface area contributed by atoms with E-state index in [2.05, 4.69) is 30.4 Å². The van der Waals surface area contributed by atoms with Crippen LogP contribution in [0.1, 0.15) is 13.8 Å². The van der Waals surface area contributed by atoms with E-state index < -0.39 is 5.91 Å². The molecular weight excluding hydrogens is 274 g/mol. The second-order valence-electron chi connectivity index (χ2n) is 4.11. The zero-order chi connectivity index (χ0) is 15.2. The summed E-state index contributed by atoms with van der Waals surface area (Å²) in [6, 6.07) is 0. The minimum absolute atomic E-state index is 0.0306. The molecule has 21 heavy (non-hydrogen) atoms. The summed E-state index contributed by atoms with van der Waals surface area (Å²) in [6.07, 6.45) is 2.87. The highest BCUT2D eigenvalue weighted by molar-refractivity contribution is 5.78. The Kier molecular flexibility index (Phi) is 4.59. The van der Waals surface area contributed by atoms with Crippen LogP contribution in [0.25, 0.3) is 5.95 Å².